The second-order valence-electron chi connectivity index (χ2n) is 14.9. The van der Waals surface area contributed by atoms with Crippen LogP contribution in [0.2, 0.25) is 0 Å². The summed E-state index contributed by atoms with van der Waals surface area (Å²) in [5, 5.41) is 0. The Kier molecular flexibility index (Phi) is 41.0. The van der Waals surface area contributed by atoms with Gasteiger partial charge >= 0.3 is 17.9 Å². The third kappa shape index (κ3) is 40.6. The van der Waals surface area contributed by atoms with Crippen LogP contribution in [0.25, 0.3) is 0 Å². The van der Waals surface area contributed by atoms with Crippen LogP contribution in [0.15, 0.2) is 48.6 Å². The first-order valence-corrected chi connectivity index (χ1v) is 22.6. The molecule has 0 spiro atoms. The number of esters is 3. The van der Waals surface area contributed by atoms with Crippen molar-refractivity contribution in [1.82, 2.24) is 0 Å². The van der Waals surface area contributed by atoms with Crippen molar-refractivity contribution < 1.29 is 28.6 Å². The normalized spacial score (nSPS) is 12.4. The van der Waals surface area contributed by atoms with Gasteiger partial charge in [-0.1, -0.05) is 172 Å². The second kappa shape index (κ2) is 43.1. The number of ether oxygens (including phenoxy) is 3. The molecule has 0 aliphatic heterocycles. The van der Waals surface area contributed by atoms with Crippen LogP contribution in [-0.4, -0.2) is 37.2 Å². The van der Waals surface area contributed by atoms with Crippen LogP contribution in [0, 0.1) is 0 Å². The average Bonchev–Trinajstić information content (AvgIpc) is 3.17. The molecule has 0 aliphatic carbocycles. The maximum Gasteiger partial charge on any atom is 0.306 e. The largest absolute Gasteiger partial charge is 0.462 e. The maximum absolute atomic E-state index is 12.7. The van der Waals surface area contributed by atoms with E-state index >= 15 is 0 Å². The highest BCUT2D eigenvalue weighted by Crippen LogP contribution is 2.13. The molecular formula is C48H84O6. The van der Waals surface area contributed by atoms with Gasteiger partial charge in [-0.15, -0.1) is 0 Å². The highest BCUT2D eigenvalue weighted by molar-refractivity contribution is 5.71. The predicted molar refractivity (Wildman–Crippen MR) is 229 cm³/mol. The summed E-state index contributed by atoms with van der Waals surface area (Å²) >= 11 is 0. The van der Waals surface area contributed by atoms with E-state index < -0.39 is 6.10 Å². The van der Waals surface area contributed by atoms with E-state index in [4.69, 9.17) is 14.2 Å². The molecule has 0 aromatic heterocycles. The van der Waals surface area contributed by atoms with E-state index in [1.54, 1.807) is 0 Å². The molecule has 0 bridgehead atoms. The van der Waals surface area contributed by atoms with Gasteiger partial charge in [0.2, 0.25) is 0 Å². The summed E-state index contributed by atoms with van der Waals surface area (Å²) in [7, 11) is 0. The SMILES string of the molecule is CC/C=C\C/C=C\C/C=C\CCCCCC(=O)OC(COC(=O)CCCCCCC/C=C\CCCCCCCC)COC(=O)CCCCCCCCCC. The summed E-state index contributed by atoms with van der Waals surface area (Å²) in [6.45, 7) is 6.44. The van der Waals surface area contributed by atoms with Crippen molar-refractivity contribution in [2.24, 2.45) is 0 Å². The molecule has 0 heterocycles. The molecule has 0 saturated heterocycles. The van der Waals surface area contributed by atoms with Crippen molar-refractivity contribution in [2.75, 3.05) is 13.2 Å². The Morgan fingerprint density at radius 3 is 1.17 bits per heavy atom. The van der Waals surface area contributed by atoms with Crippen LogP contribution >= 0.6 is 0 Å². The number of hydrogen-bond donors (Lipinski definition) is 0. The van der Waals surface area contributed by atoms with Crippen LogP contribution in [0.3, 0.4) is 0 Å². The van der Waals surface area contributed by atoms with Gasteiger partial charge < -0.3 is 14.2 Å². The standard InChI is InChI=1S/C48H84O6/c1-4-7-10-13-16-19-21-23-24-26-27-29-32-35-38-41-47(50)53-44-45(43-52-46(49)40-37-34-31-18-15-12-9-6-3)54-48(51)42-39-36-33-30-28-25-22-20-17-14-11-8-5-2/h8,11,17,20,23-25,28,45H,4-7,9-10,12-16,18-19,21-22,26-27,29-44H2,1-3H3/b11-8-,20-17-,24-23-,28-25-. The van der Waals surface area contributed by atoms with E-state index in [2.05, 4.69) is 69.4 Å². The second-order valence-corrected chi connectivity index (χ2v) is 14.9. The fraction of sp³-hybridized carbons (Fsp3) is 0.771. The Hall–Kier alpha value is -2.63. The minimum Gasteiger partial charge on any atom is -0.462 e. The summed E-state index contributed by atoms with van der Waals surface area (Å²) in [6, 6.07) is 0. The fourth-order valence-electron chi connectivity index (χ4n) is 6.16. The molecule has 0 radical (unpaired) electrons. The van der Waals surface area contributed by atoms with Gasteiger partial charge in [0.25, 0.3) is 0 Å². The van der Waals surface area contributed by atoms with Gasteiger partial charge in [-0.3, -0.25) is 14.4 Å². The lowest BCUT2D eigenvalue weighted by atomic mass is 10.1. The van der Waals surface area contributed by atoms with Gasteiger partial charge in [0.1, 0.15) is 13.2 Å². The lowest BCUT2D eigenvalue weighted by Gasteiger charge is -2.18. The van der Waals surface area contributed by atoms with Crippen LogP contribution in [-0.2, 0) is 28.6 Å². The highest BCUT2D eigenvalue weighted by Gasteiger charge is 2.19. The van der Waals surface area contributed by atoms with Gasteiger partial charge in [-0.25, -0.2) is 0 Å². The number of unbranched alkanes of at least 4 members (excludes halogenated alkanes) is 21. The van der Waals surface area contributed by atoms with E-state index in [-0.39, 0.29) is 31.1 Å². The van der Waals surface area contributed by atoms with Crippen LogP contribution < -0.4 is 0 Å². The molecule has 54 heavy (non-hydrogen) atoms. The van der Waals surface area contributed by atoms with Crippen LogP contribution in [0.1, 0.15) is 220 Å². The Bertz CT molecular complexity index is 964. The number of carbonyl (C=O) groups is 3. The Morgan fingerprint density at radius 1 is 0.389 bits per heavy atom. The van der Waals surface area contributed by atoms with Gasteiger partial charge in [-0.05, 0) is 77.0 Å². The third-order valence-electron chi connectivity index (χ3n) is 9.57. The zero-order chi connectivity index (χ0) is 39.4. The fourth-order valence-corrected chi connectivity index (χ4v) is 6.16. The molecule has 6 nitrogen and oxygen atoms in total. The molecular weight excluding hydrogens is 673 g/mol. The quantitative estimate of drug-likeness (QED) is 0.0268. The van der Waals surface area contributed by atoms with E-state index in [9.17, 15) is 14.4 Å². The predicted octanol–water partition coefficient (Wildman–Crippen LogP) is 14.4. The van der Waals surface area contributed by atoms with Crippen LogP contribution in [0.4, 0.5) is 0 Å². The first-order chi connectivity index (χ1) is 26.5. The van der Waals surface area contributed by atoms with Gasteiger partial charge in [0.15, 0.2) is 6.10 Å². The molecule has 0 rings (SSSR count). The summed E-state index contributed by atoms with van der Waals surface area (Å²) in [6.07, 6.45) is 49.6. The molecule has 0 aromatic rings. The summed E-state index contributed by atoms with van der Waals surface area (Å²) in [4.78, 5) is 37.6. The summed E-state index contributed by atoms with van der Waals surface area (Å²) < 4.78 is 16.6. The van der Waals surface area contributed by atoms with E-state index in [1.807, 2.05) is 0 Å². The minimum absolute atomic E-state index is 0.0869. The summed E-state index contributed by atoms with van der Waals surface area (Å²) in [5.41, 5.74) is 0. The number of rotatable bonds is 40. The zero-order valence-electron chi connectivity index (χ0n) is 35.5. The van der Waals surface area contributed by atoms with Gasteiger partial charge in [0.05, 0.1) is 0 Å². The molecule has 0 N–H and O–H groups in total. The molecule has 6 heteroatoms. The zero-order valence-corrected chi connectivity index (χ0v) is 35.5. The molecule has 0 amide bonds. The Labute approximate surface area is 333 Å². The van der Waals surface area contributed by atoms with Crippen molar-refractivity contribution in [3.8, 4) is 0 Å². The highest BCUT2D eigenvalue weighted by atomic mass is 16.6. The van der Waals surface area contributed by atoms with E-state index in [1.165, 1.54) is 89.9 Å². The minimum atomic E-state index is -0.786. The molecule has 1 atom stereocenters. The lowest BCUT2D eigenvalue weighted by molar-refractivity contribution is -0.167. The van der Waals surface area contributed by atoms with Gasteiger partial charge in [-0.2, -0.15) is 0 Å². The van der Waals surface area contributed by atoms with Crippen LogP contribution in [0.5, 0.6) is 0 Å². The maximum atomic E-state index is 12.7. The first-order valence-electron chi connectivity index (χ1n) is 22.6. The lowest BCUT2D eigenvalue weighted by Crippen LogP contribution is -2.30. The molecule has 0 saturated carbocycles. The Morgan fingerprint density at radius 2 is 0.722 bits per heavy atom. The molecule has 312 valence electrons. The average molecular weight is 757 g/mol. The molecule has 1 unspecified atom stereocenters. The molecule has 0 aliphatic rings. The van der Waals surface area contributed by atoms with E-state index in [0.29, 0.717) is 19.3 Å². The van der Waals surface area contributed by atoms with Crippen molar-refractivity contribution in [2.45, 2.75) is 226 Å². The number of carbonyl (C=O) groups excluding carboxylic acids is 3. The Balaban J connectivity index is 4.38. The molecule has 0 aromatic carbocycles. The van der Waals surface area contributed by atoms with E-state index in [0.717, 1.165) is 89.9 Å². The smallest absolute Gasteiger partial charge is 0.306 e. The monoisotopic (exact) mass is 757 g/mol. The molecule has 0 fully saturated rings. The van der Waals surface area contributed by atoms with Gasteiger partial charge in [0, 0.05) is 19.3 Å². The van der Waals surface area contributed by atoms with Crippen molar-refractivity contribution in [3.05, 3.63) is 48.6 Å². The first kappa shape index (κ1) is 51.4. The topological polar surface area (TPSA) is 78.9 Å². The summed E-state index contributed by atoms with van der Waals surface area (Å²) in [5.74, 6) is -0.931. The van der Waals surface area contributed by atoms with Crippen molar-refractivity contribution in [1.29, 1.82) is 0 Å². The van der Waals surface area contributed by atoms with Crippen molar-refractivity contribution in [3.63, 3.8) is 0 Å². The number of allylic oxidation sites excluding steroid dienone is 8. The van der Waals surface area contributed by atoms with Crippen molar-refractivity contribution >= 4 is 17.9 Å². The third-order valence-corrected chi connectivity index (χ3v) is 9.57. The number of hydrogen-bond acceptors (Lipinski definition) is 6.